The third-order valence-electron chi connectivity index (χ3n) is 6.54. The van der Waals surface area contributed by atoms with Crippen molar-refractivity contribution in [3.8, 4) is 0 Å². The number of nitrogens with one attached hydrogen (secondary N) is 1. The van der Waals surface area contributed by atoms with Crippen LogP contribution in [0.5, 0.6) is 0 Å². The van der Waals surface area contributed by atoms with Crippen LogP contribution in [-0.4, -0.2) is 36.2 Å². The highest BCUT2D eigenvalue weighted by Gasteiger charge is 2.36. The van der Waals surface area contributed by atoms with Crippen molar-refractivity contribution in [2.45, 2.75) is 26.4 Å². The van der Waals surface area contributed by atoms with E-state index in [1.54, 1.807) is 0 Å². The molecule has 0 unspecified atom stereocenters. The number of carbonyl (C=O) groups is 3. The molecule has 0 bridgehead atoms. The number of anilines is 3. The first-order valence-electron chi connectivity index (χ1n) is 12.6. The minimum atomic E-state index is -1.06. The van der Waals surface area contributed by atoms with Crippen molar-refractivity contribution in [1.29, 1.82) is 0 Å². The molecule has 5 N–H and O–H groups in total. The number of carbonyl (C=O) groups excluding carboxylic acids is 3. The zero-order valence-corrected chi connectivity index (χ0v) is 23.7. The standard InChI is InChI=1S/C30H32N6O3S/c1-18-10-11-19(2)23(16-18)36(30(39)27-24(31)25(28(32)37)34-40-27)26(21-12-14-22(15-13-21)35(3)4)29(38)33-17-20-8-6-5-7-9-20/h5-16,26H,17,31H2,1-4H3,(H2,32,37)(H,33,38)/t26-/m1/s1. The van der Waals surface area contributed by atoms with Crippen molar-refractivity contribution in [3.63, 3.8) is 0 Å². The van der Waals surface area contributed by atoms with Gasteiger partial charge in [-0.2, -0.15) is 4.37 Å². The van der Waals surface area contributed by atoms with Gasteiger partial charge in [-0.05, 0) is 65.8 Å². The zero-order chi connectivity index (χ0) is 29.0. The Bertz CT molecular complexity index is 1530. The molecule has 3 aromatic carbocycles. The molecule has 10 heteroatoms. The van der Waals surface area contributed by atoms with Crippen LogP contribution in [0.15, 0.2) is 72.8 Å². The normalized spacial score (nSPS) is 11.5. The highest BCUT2D eigenvalue weighted by molar-refractivity contribution is 7.09. The number of rotatable bonds is 9. The molecule has 4 aromatic rings. The molecule has 0 radical (unpaired) electrons. The number of nitrogens with two attached hydrogens (primary N) is 2. The van der Waals surface area contributed by atoms with Crippen LogP contribution in [-0.2, 0) is 11.3 Å². The van der Waals surface area contributed by atoms with Crippen LogP contribution < -0.4 is 26.6 Å². The Hall–Kier alpha value is -4.70. The molecule has 9 nitrogen and oxygen atoms in total. The Morgan fingerprint density at radius 3 is 2.25 bits per heavy atom. The van der Waals surface area contributed by atoms with Crippen molar-refractivity contribution < 1.29 is 14.4 Å². The van der Waals surface area contributed by atoms with E-state index in [1.165, 1.54) is 4.90 Å². The van der Waals surface area contributed by atoms with Gasteiger partial charge in [-0.15, -0.1) is 0 Å². The lowest BCUT2D eigenvalue weighted by atomic mass is 10.00. The summed E-state index contributed by atoms with van der Waals surface area (Å²) in [6, 6.07) is 21.6. The first kappa shape index (κ1) is 28.3. The van der Waals surface area contributed by atoms with Gasteiger partial charge in [0.2, 0.25) is 5.91 Å². The first-order chi connectivity index (χ1) is 19.1. The summed E-state index contributed by atoms with van der Waals surface area (Å²) in [6.07, 6.45) is 0. The van der Waals surface area contributed by atoms with Crippen LogP contribution in [0.3, 0.4) is 0 Å². The van der Waals surface area contributed by atoms with Crippen LogP contribution in [0, 0.1) is 13.8 Å². The Morgan fingerprint density at radius 2 is 1.65 bits per heavy atom. The molecule has 3 amide bonds. The fourth-order valence-corrected chi connectivity index (χ4v) is 5.08. The van der Waals surface area contributed by atoms with Gasteiger partial charge < -0.3 is 21.7 Å². The highest BCUT2D eigenvalue weighted by atomic mass is 32.1. The average molecular weight is 557 g/mol. The molecule has 0 aliphatic rings. The van der Waals surface area contributed by atoms with Gasteiger partial charge in [0.15, 0.2) is 5.69 Å². The number of primary amides is 1. The molecule has 0 aliphatic heterocycles. The average Bonchev–Trinajstić information content (AvgIpc) is 3.33. The second-order valence-electron chi connectivity index (χ2n) is 9.70. The maximum atomic E-state index is 14.3. The van der Waals surface area contributed by atoms with E-state index in [1.807, 2.05) is 106 Å². The minimum absolute atomic E-state index is 0.0282. The summed E-state index contributed by atoms with van der Waals surface area (Å²) >= 11 is 0.781. The number of aromatic nitrogens is 1. The van der Waals surface area contributed by atoms with Crippen molar-refractivity contribution in [2.24, 2.45) is 5.73 Å². The van der Waals surface area contributed by atoms with Crippen molar-refractivity contribution in [2.75, 3.05) is 29.6 Å². The molecule has 40 heavy (non-hydrogen) atoms. The number of nitrogens with zero attached hydrogens (tertiary/aromatic N) is 3. The lowest BCUT2D eigenvalue weighted by Gasteiger charge is -2.33. The minimum Gasteiger partial charge on any atom is -0.395 e. The maximum absolute atomic E-state index is 14.3. The second-order valence-corrected chi connectivity index (χ2v) is 10.5. The molecule has 1 heterocycles. The van der Waals surface area contributed by atoms with E-state index in [9.17, 15) is 14.4 Å². The van der Waals surface area contributed by atoms with Gasteiger partial charge in [0.1, 0.15) is 10.9 Å². The fourth-order valence-electron chi connectivity index (χ4n) is 4.34. The predicted octanol–water partition coefficient (Wildman–Crippen LogP) is 4.21. The van der Waals surface area contributed by atoms with Gasteiger partial charge >= 0.3 is 0 Å². The summed E-state index contributed by atoms with van der Waals surface area (Å²) in [5.41, 5.74) is 16.0. The molecule has 0 aliphatic carbocycles. The summed E-state index contributed by atoms with van der Waals surface area (Å²) in [6.45, 7) is 4.05. The van der Waals surface area contributed by atoms with E-state index in [0.717, 1.165) is 33.9 Å². The quantitative estimate of drug-likeness (QED) is 0.283. The van der Waals surface area contributed by atoms with E-state index < -0.39 is 17.9 Å². The number of hydrogen-bond acceptors (Lipinski definition) is 7. The molecule has 0 saturated heterocycles. The van der Waals surface area contributed by atoms with Crippen LogP contribution in [0.4, 0.5) is 17.1 Å². The van der Waals surface area contributed by atoms with Crippen LogP contribution >= 0.6 is 11.5 Å². The van der Waals surface area contributed by atoms with Gasteiger partial charge in [-0.1, -0.05) is 54.6 Å². The summed E-state index contributed by atoms with van der Waals surface area (Å²) < 4.78 is 4.02. The van der Waals surface area contributed by atoms with Gasteiger partial charge in [0, 0.05) is 32.0 Å². The van der Waals surface area contributed by atoms with Crippen molar-refractivity contribution in [3.05, 3.63) is 106 Å². The molecule has 1 atom stereocenters. The topological polar surface area (TPSA) is 135 Å². The van der Waals surface area contributed by atoms with Crippen LogP contribution in [0.25, 0.3) is 0 Å². The van der Waals surface area contributed by atoms with Crippen molar-refractivity contribution >= 4 is 46.3 Å². The third-order valence-corrected chi connectivity index (χ3v) is 7.39. The van der Waals surface area contributed by atoms with E-state index >= 15 is 0 Å². The number of hydrogen-bond donors (Lipinski definition) is 3. The predicted molar refractivity (Wildman–Crippen MR) is 160 cm³/mol. The Morgan fingerprint density at radius 1 is 0.975 bits per heavy atom. The molecular weight excluding hydrogens is 524 g/mol. The number of nitrogen functional groups attached to an aromatic ring is 1. The molecule has 4 rings (SSSR count). The number of amides is 3. The first-order valence-corrected chi connectivity index (χ1v) is 13.4. The van der Waals surface area contributed by atoms with Crippen LogP contribution in [0.2, 0.25) is 0 Å². The summed E-state index contributed by atoms with van der Waals surface area (Å²) in [5, 5.41) is 3.00. The lowest BCUT2D eigenvalue weighted by Crippen LogP contribution is -2.44. The zero-order valence-electron chi connectivity index (χ0n) is 22.8. The van der Waals surface area contributed by atoms with E-state index in [0.29, 0.717) is 11.3 Å². The third kappa shape index (κ3) is 5.97. The Labute approximate surface area is 237 Å². The largest absolute Gasteiger partial charge is 0.395 e. The van der Waals surface area contributed by atoms with E-state index in [-0.39, 0.29) is 28.7 Å². The fraction of sp³-hybridized carbons (Fsp3) is 0.200. The van der Waals surface area contributed by atoms with Gasteiger partial charge in [-0.3, -0.25) is 19.3 Å². The molecule has 0 saturated carbocycles. The summed E-state index contributed by atoms with van der Waals surface area (Å²) in [4.78, 5) is 43.6. The van der Waals surface area contributed by atoms with Crippen LogP contribution in [0.1, 0.15) is 48.5 Å². The Kier molecular flexibility index (Phi) is 8.49. The number of aryl methyl sites for hydroxylation is 2. The Balaban J connectivity index is 1.88. The smallest absolute Gasteiger partial charge is 0.273 e. The second kappa shape index (κ2) is 12.0. The summed E-state index contributed by atoms with van der Waals surface area (Å²) in [5.74, 6) is -1.77. The maximum Gasteiger partial charge on any atom is 0.273 e. The van der Waals surface area contributed by atoms with Gasteiger partial charge in [0.25, 0.3) is 11.8 Å². The lowest BCUT2D eigenvalue weighted by molar-refractivity contribution is -0.122. The molecular formula is C30H32N6O3S. The molecule has 206 valence electrons. The molecule has 0 spiro atoms. The van der Waals surface area contributed by atoms with E-state index in [2.05, 4.69) is 9.69 Å². The monoisotopic (exact) mass is 556 g/mol. The number of benzene rings is 3. The molecule has 0 fully saturated rings. The summed E-state index contributed by atoms with van der Waals surface area (Å²) in [7, 11) is 3.85. The highest BCUT2D eigenvalue weighted by Crippen LogP contribution is 2.35. The SMILES string of the molecule is Cc1ccc(C)c(N(C(=O)c2snc(C(N)=O)c2N)[C@@H](C(=O)NCc2ccccc2)c2ccc(N(C)C)cc2)c1. The van der Waals surface area contributed by atoms with Crippen molar-refractivity contribution in [1.82, 2.24) is 9.69 Å². The molecule has 1 aromatic heterocycles. The van der Waals surface area contributed by atoms with E-state index in [4.69, 9.17) is 11.5 Å². The van der Waals surface area contributed by atoms with Gasteiger partial charge in [0.05, 0.1) is 5.69 Å². The van der Waals surface area contributed by atoms with Gasteiger partial charge in [-0.25, -0.2) is 0 Å².